The highest BCUT2D eigenvalue weighted by Gasteiger charge is 2.41. The van der Waals surface area contributed by atoms with Gasteiger partial charge in [-0.05, 0) is 57.1 Å². The third kappa shape index (κ3) is 9.09. The van der Waals surface area contributed by atoms with Crippen molar-refractivity contribution in [3.05, 3.63) is 71.8 Å². The van der Waals surface area contributed by atoms with Gasteiger partial charge in [0.05, 0.1) is 12.0 Å². The minimum Gasteiger partial charge on any atom is -0.460 e. The Morgan fingerprint density at radius 3 is 1.81 bits per heavy atom. The lowest BCUT2D eigenvalue weighted by atomic mass is 9.76. The third-order valence-corrected chi connectivity index (χ3v) is 6.73. The van der Waals surface area contributed by atoms with Gasteiger partial charge in [-0.2, -0.15) is 0 Å². The minimum atomic E-state index is -1.51. The molecule has 7 heteroatoms. The fraction of sp³-hybridized carbons (Fsp3) is 0.500. The minimum absolute atomic E-state index is 0.0113. The van der Waals surface area contributed by atoms with Crippen molar-refractivity contribution in [2.45, 2.75) is 77.5 Å². The first-order valence-electron chi connectivity index (χ1n) is 12.8. The van der Waals surface area contributed by atoms with Gasteiger partial charge in [0.2, 0.25) is 5.91 Å². The quantitative estimate of drug-likeness (QED) is 0.353. The molecule has 0 aliphatic rings. The van der Waals surface area contributed by atoms with Crippen molar-refractivity contribution >= 4 is 17.7 Å². The maximum Gasteiger partial charge on any atom is 0.312 e. The van der Waals surface area contributed by atoms with E-state index in [1.807, 2.05) is 60.7 Å². The first kappa shape index (κ1) is 30.2. The first-order valence-corrected chi connectivity index (χ1v) is 12.8. The summed E-state index contributed by atoms with van der Waals surface area (Å²) in [5, 5.41) is 11.4. The average Bonchev–Trinajstić information content (AvgIpc) is 2.81. The number of aliphatic hydroxyl groups excluding tert-OH is 1. The van der Waals surface area contributed by atoms with E-state index >= 15 is 0 Å². The van der Waals surface area contributed by atoms with Gasteiger partial charge in [-0.25, -0.2) is 0 Å². The lowest BCUT2D eigenvalue weighted by Gasteiger charge is -2.32. The van der Waals surface area contributed by atoms with Crippen molar-refractivity contribution in [2.75, 3.05) is 0 Å². The zero-order valence-electron chi connectivity index (χ0n) is 22.6. The van der Waals surface area contributed by atoms with Gasteiger partial charge in [-0.3, -0.25) is 14.4 Å². The number of carbonyl (C=O) groups is 3. The summed E-state index contributed by atoms with van der Waals surface area (Å²) in [5.41, 5.74) is 11.4. The summed E-state index contributed by atoms with van der Waals surface area (Å²) in [6, 6.07) is 18.8. The smallest absolute Gasteiger partial charge is 0.312 e. The van der Waals surface area contributed by atoms with Gasteiger partial charge in [0.15, 0.2) is 0 Å². The van der Waals surface area contributed by atoms with Crippen LogP contribution in [0.15, 0.2) is 60.7 Å². The molecule has 2 rings (SSSR count). The number of aliphatic hydroxyl groups is 1. The normalized spacial score (nSPS) is 15.9. The van der Waals surface area contributed by atoms with Crippen LogP contribution in [0.3, 0.4) is 0 Å². The van der Waals surface area contributed by atoms with Gasteiger partial charge >= 0.3 is 5.97 Å². The van der Waals surface area contributed by atoms with Gasteiger partial charge < -0.3 is 21.3 Å². The van der Waals surface area contributed by atoms with Crippen LogP contribution in [0.2, 0.25) is 0 Å². The molecule has 0 saturated heterocycles. The van der Waals surface area contributed by atoms with Crippen LogP contribution in [0, 0.1) is 17.8 Å². The Hall–Kier alpha value is -3.03. The Kier molecular flexibility index (Phi) is 10.6. The molecule has 0 aromatic heterocycles. The third-order valence-electron chi connectivity index (χ3n) is 6.73. The Morgan fingerprint density at radius 1 is 0.892 bits per heavy atom. The molecule has 2 aromatic rings. The van der Waals surface area contributed by atoms with Gasteiger partial charge in [-0.1, -0.05) is 74.5 Å². The number of benzene rings is 2. The highest BCUT2D eigenvalue weighted by molar-refractivity contribution is 5.93. The zero-order valence-corrected chi connectivity index (χ0v) is 22.6. The number of Topliss-reactive ketones (excluding diaryl/α,β-unsaturated/α-hetero) is 1. The lowest BCUT2D eigenvalue weighted by Crippen LogP contribution is -2.57. The summed E-state index contributed by atoms with van der Waals surface area (Å²) in [4.78, 5) is 38.9. The monoisotopic (exact) mass is 510 g/mol. The van der Waals surface area contributed by atoms with Crippen molar-refractivity contribution in [3.63, 3.8) is 0 Å². The number of amides is 1. The van der Waals surface area contributed by atoms with Crippen molar-refractivity contribution in [2.24, 2.45) is 29.2 Å². The molecule has 37 heavy (non-hydrogen) atoms. The van der Waals surface area contributed by atoms with E-state index in [1.54, 1.807) is 34.6 Å². The molecule has 4 atom stereocenters. The van der Waals surface area contributed by atoms with E-state index in [0.29, 0.717) is 6.42 Å². The van der Waals surface area contributed by atoms with E-state index in [0.717, 1.165) is 11.1 Å². The molecule has 0 spiro atoms. The molecule has 7 nitrogen and oxygen atoms in total. The molecule has 0 aliphatic carbocycles. The number of rotatable bonds is 13. The van der Waals surface area contributed by atoms with Crippen LogP contribution in [0.5, 0.6) is 0 Å². The zero-order chi connectivity index (χ0) is 27.8. The van der Waals surface area contributed by atoms with Crippen LogP contribution < -0.4 is 11.5 Å². The van der Waals surface area contributed by atoms with Gasteiger partial charge in [0.25, 0.3) is 0 Å². The highest BCUT2D eigenvalue weighted by atomic mass is 16.6. The number of ether oxygens (including phenoxy) is 1. The topological polar surface area (TPSA) is 133 Å². The molecule has 0 saturated carbocycles. The number of ketones is 1. The van der Waals surface area contributed by atoms with Crippen LogP contribution in [0.4, 0.5) is 0 Å². The summed E-state index contributed by atoms with van der Waals surface area (Å²) in [6.07, 6.45) is -0.808. The van der Waals surface area contributed by atoms with Gasteiger partial charge in [0.1, 0.15) is 16.9 Å². The predicted octanol–water partition coefficient (Wildman–Crippen LogP) is 3.59. The van der Waals surface area contributed by atoms with Crippen molar-refractivity contribution in [3.8, 4) is 0 Å². The molecule has 2 aromatic carbocycles. The second-order valence-electron chi connectivity index (χ2n) is 11.2. The average molecular weight is 511 g/mol. The molecule has 0 fully saturated rings. The van der Waals surface area contributed by atoms with E-state index in [2.05, 4.69) is 0 Å². The molecule has 5 N–H and O–H groups in total. The SMILES string of the molecule is CC(C)C(N)(CC(=O)[C@H](Cc1ccccc1)C[C@H](O)[C@H](Cc1ccccc1)C(=O)OC(C)(C)C)C(N)=O. The van der Waals surface area contributed by atoms with E-state index in [4.69, 9.17) is 16.2 Å². The summed E-state index contributed by atoms with van der Waals surface area (Å²) in [7, 11) is 0. The number of carbonyl (C=O) groups excluding carboxylic acids is 3. The fourth-order valence-corrected chi connectivity index (χ4v) is 4.31. The Bertz CT molecular complexity index is 1030. The van der Waals surface area contributed by atoms with Gasteiger partial charge in [-0.15, -0.1) is 0 Å². The van der Waals surface area contributed by atoms with Crippen LogP contribution in [-0.4, -0.2) is 40.0 Å². The number of hydrogen-bond acceptors (Lipinski definition) is 6. The lowest BCUT2D eigenvalue weighted by molar-refractivity contribution is -0.164. The predicted molar refractivity (Wildman–Crippen MR) is 144 cm³/mol. The van der Waals surface area contributed by atoms with Crippen molar-refractivity contribution in [1.29, 1.82) is 0 Å². The molecule has 1 unspecified atom stereocenters. The van der Waals surface area contributed by atoms with Gasteiger partial charge in [0, 0.05) is 12.3 Å². The molecule has 0 bridgehead atoms. The number of esters is 1. The number of hydrogen-bond donors (Lipinski definition) is 3. The molecule has 0 radical (unpaired) electrons. The molecule has 202 valence electrons. The second kappa shape index (κ2) is 13.0. The maximum absolute atomic E-state index is 13.6. The van der Waals surface area contributed by atoms with Crippen LogP contribution in [-0.2, 0) is 32.0 Å². The van der Waals surface area contributed by atoms with Crippen LogP contribution in [0.1, 0.15) is 58.6 Å². The summed E-state index contributed by atoms with van der Waals surface area (Å²) in [6.45, 7) is 8.81. The molecular weight excluding hydrogens is 468 g/mol. The first-order chi connectivity index (χ1) is 17.2. The molecule has 0 aliphatic heterocycles. The van der Waals surface area contributed by atoms with Crippen molar-refractivity contribution in [1.82, 2.24) is 0 Å². The van der Waals surface area contributed by atoms with Crippen molar-refractivity contribution < 1.29 is 24.2 Å². The standard InChI is InChI=1S/C30H42N2O5/c1-20(2)30(32,28(31)36)19-26(34)23(16-21-12-8-6-9-13-21)18-25(33)24(27(35)37-29(3,4)5)17-22-14-10-7-11-15-22/h6-15,20,23-25,33H,16-19,32H2,1-5H3,(H2,31,36)/t23-,24+,25+,30?/m1/s1. The Balaban J connectivity index is 2.36. The highest BCUT2D eigenvalue weighted by Crippen LogP contribution is 2.28. The number of primary amides is 1. The second-order valence-corrected chi connectivity index (χ2v) is 11.2. The summed E-state index contributed by atoms with van der Waals surface area (Å²) < 4.78 is 5.63. The fourth-order valence-electron chi connectivity index (χ4n) is 4.31. The summed E-state index contributed by atoms with van der Waals surface area (Å²) in [5.74, 6) is -3.46. The largest absolute Gasteiger partial charge is 0.460 e. The molecular formula is C30H42N2O5. The summed E-state index contributed by atoms with van der Waals surface area (Å²) >= 11 is 0. The van der Waals surface area contributed by atoms with Crippen LogP contribution in [0.25, 0.3) is 0 Å². The van der Waals surface area contributed by atoms with Crippen LogP contribution >= 0.6 is 0 Å². The Labute approximate surface area is 220 Å². The molecule has 0 heterocycles. The van der Waals surface area contributed by atoms with E-state index in [9.17, 15) is 19.5 Å². The molecule has 1 amide bonds. The number of nitrogens with two attached hydrogens (primary N) is 2. The van der Waals surface area contributed by atoms with E-state index in [1.165, 1.54) is 0 Å². The Morgan fingerprint density at radius 2 is 1.38 bits per heavy atom. The van der Waals surface area contributed by atoms with E-state index < -0.39 is 41.0 Å². The van der Waals surface area contributed by atoms with E-state index in [-0.39, 0.29) is 31.0 Å². The maximum atomic E-state index is 13.6.